The largest absolute Gasteiger partial charge is 0.471 e. The molecule has 7 rings (SSSR count). The molecule has 0 saturated carbocycles. The van der Waals surface area contributed by atoms with E-state index in [1.807, 2.05) is 23.1 Å². The van der Waals surface area contributed by atoms with E-state index >= 15 is 0 Å². The first-order valence-electron chi connectivity index (χ1n) is 15.8. The van der Waals surface area contributed by atoms with Gasteiger partial charge in [0.05, 0.1) is 31.1 Å². The van der Waals surface area contributed by atoms with Gasteiger partial charge >= 0.3 is 0 Å². The first-order chi connectivity index (χ1) is 22.6. The second-order valence-corrected chi connectivity index (χ2v) is 12.7. The van der Waals surface area contributed by atoms with Crippen LogP contribution in [0, 0.1) is 11.8 Å². The van der Waals surface area contributed by atoms with E-state index in [2.05, 4.69) is 17.6 Å². The lowest BCUT2D eigenvalue weighted by molar-refractivity contribution is -0.352. The Balaban J connectivity index is 1.06. The number of hydrogen-bond donors (Lipinski definition) is 8. The molecule has 3 saturated heterocycles. The summed E-state index contributed by atoms with van der Waals surface area (Å²) < 4.78 is 28.6. The van der Waals surface area contributed by atoms with E-state index in [1.54, 1.807) is 6.08 Å². The Labute approximate surface area is 269 Å². The number of piperidine rings is 1. The van der Waals surface area contributed by atoms with Crippen LogP contribution in [0.15, 0.2) is 48.8 Å². The molecular formula is C32H40N2O13. The summed E-state index contributed by atoms with van der Waals surface area (Å²) in [5.74, 6) is -1.04. The fourth-order valence-electron chi connectivity index (χ4n) is 7.51. The van der Waals surface area contributed by atoms with Gasteiger partial charge in [0.1, 0.15) is 48.8 Å². The number of rotatable bonds is 7. The number of amides is 1. The molecule has 1 amide bonds. The molecule has 14 unspecified atom stereocenters. The van der Waals surface area contributed by atoms with Gasteiger partial charge in [0.25, 0.3) is 5.91 Å². The van der Waals surface area contributed by atoms with Crippen LogP contribution in [0.4, 0.5) is 0 Å². The summed E-state index contributed by atoms with van der Waals surface area (Å²) >= 11 is 0. The van der Waals surface area contributed by atoms with Gasteiger partial charge in [-0.15, -0.1) is 6.58 Å². The van der Waals surface area contributed by atoms with Crippen molar-refractivity contribution in [2.75, 3.05) is 19.8 Å². The monoisotopic (exact) mass is 660 g/mol. The number of ether oxygens (including phenoxy) is 5. The quantitative estimate of drug-likeness (QED) is 0.155. The number of hydrogen-bond acceptors (Lipinski definition) is 13. The van der Waals surface area contributed by atoms with E-state index in [0.29, 0.717) is 18.5 Å². The van der Waals surface area contributed by atoms with Crippen molar-refractivity contribution in [2.45, 2.75) is 86.6 Å². The zero-order valence-electron chi connectivity index (χ0n) is 25.3. The lowest BCUT2D eigenvalue weighted by atomic mass is 9.74. The summed E-state index contributed by atoms with van der Waals surface area (Å²) in [6.45, 7) is 3.37. The highest BCUT2D eigenvalue weighted by atomic mass is 16.8. The van der Waals surface area contributed by atoms with Crippen LogP contribution in [0.3, 0.4) is 0 Å². The normalized spacial score (nSPS) is 41.8. The van der Waals surface area contributed by atoms with E-state index in [4.69, 9.17) is 23.7 Å². The van der Waals surface area contributed by atoms with Crippen molar-refractivity contribution in [2.24, 2.45) is 11.8 Å². The lowest BCUT2D eigenvalue weighted by Crippen LogP contribution is -2.62. The minimum absolute atomic E-state index is 0.140. The van der Waals surface area contributed by atoms with Crippen LogP contribution in [0.2, 0.25) is 0 Å². The van der Waals surface area contributed by atoms with Gasteiger partial charge in [-0.3, -0.25) is 4.79 Å². The summed E-state index contributed by atoms with van der Waals surface area (Å²) in [6.07, 6.45) is -12.4. The summed E-state index contributed by atoms with van der Waals surface area (Å²) in [5.41, 5.74) is 3.69. The Morgan fingerprint density at radius 3 is 2.38 bits per heavy atom. The first-order valence-corrected chi connectivity index (χ1v) is 15.8. The average molecular weight is 661 g/mol. The minimum atomic E-state index is -1.73. The highest BCUT2D eigenvalue weighted by Gasteiger charge is 2.52. The molecule has 0 bridgehead atoms. The number of nitrogens with zero attached hydrogens (tertiary/aromatic N) is 1. The number of aliphatic hydroxyl groups is 7. The van der Waals surface area contributed by atoms with Gasteiger partial charge in [-0.2, -0.15) is 0 Å². The van der Waals surface area contributed by atoms with E-state index in [1.165, 1.54) is 11.8 Å². The second-order valence-electron chi connectivity index (χ2n) is 12.7. The molecule has 8 N–H and O–H groups in total. The summed E-state index contributed by atoms with van der Waals surface area (Å²) in [6, 6.07) is 7.84. The van der Waals surface area contributed by atoms with Gasteiger partial charge in [0.2, 0.25) is 6.29 Å². The zero-order valence-corrected chi connectivity index (χ0v) is 25.3. The van der Waals surface area contributed by atoms with Gasteiger partial charge in [-0.05, 0) is 24.5 Å². The summed E-state index contributed by atoms with van der Waals surface area (Å²) in [5, 5.41) is 73.0. The molecule has 3 fully saturated rings. The third-order valence-electron chi connectivity index (χ3n) is 10.1. The molecule has 1 aromatic carbocycles. The molecular weight excluding hydrogens is 620 g/mol. The number of carbonyl (C=O) groups excluding carboxylic acids is 1. The minimum Gasteiger partial charge on any atom is -0.471 e. The number of nitrogens with one attached hydrogen (secondary N) is 1. The molecule has 6 heterocycles. The summed E-state index contributed by atoms with van der Waals surface area (Å²) in [7, 11) is 0. The second kappa shape index (κ2) is 12.8. The third kappa shape index (κ3) is 5.49. The molecule has 0 radical (unpaired) electrons. The van der Waals surface area contributed by atoms with Crippen molar-refractivity contribution in [1.29, 1.82) is 0 Å². The Hall–Kier alpha value is -2.93. The fraction of sp³-hybridized carbons (Fsp3) is 0.594. The predicted octanol–water partition coefficient (Wildman–Crippen LogP) is -1.70. The predicted molar refractivity (Wildman–Crippen MR) is 159 cm³/mol. The SMILES string of the molecule is C=CC1C(OC2OC(COC3OC(CO)C(O)C(O)C3O)C(O)C(O)C2O)OC=C2C(=O)N3CCc4c([nH]c5ccccc45)C3CC21. The fourth-order valence-corrected chi connectivity index (χ4v) is 7.51. The molecule has 15 nitrogen and oxygen atoms in total. The average Bonchev–Trinajstić information content (AvgIpc) is 3.47. The third-order valence-corrected chi connectivity index (χ3v) is 10.1. The molecule has 256 valence electrons. The highest BCUT2D eigenvalue weighted by Crippen LogP contribution is 2.48. The Bertz CT molecular complexity index is 1510. The van der Waals surface area contributed by atoms with Crippen molar-refractivity contribution in [3.63, 3.8) is 0 Å². The van der Waals surface area contributed by atoms with Crippen molar-refractivity contribution >= 4 is 16.8 Å². The standard InChI is InChI=1S/C32H40N2O13/c1-2-13-16-9-19-22-15(14-5-3-4-6-18(14)33-22)7-8-34(19)29(42)17(16)11-43-30(13)47-32-28(41)26(39)24(37)21(46-32)12-44-31-27(40)25(38)23(36)20(10-35)45-31/h2-6,11,13,16,19-21,23-28,30-33,35-41H,1,7-10,12H2. The van der Waals surface area contributed by atoms with Crippen molar-refractivity contribution in [3.05, 3.63) is 60.0 Å². The first kappa shape index (κ1) is 32.6. The Morgan fingerprint density at radius 1 is 0.936 bits per heavy atom. The lowest BCUT2D eigenvalue weighted by Gasteiger charge is -2.48. The maximum Gasteiger partial charge on any atom is 0.253 e. The van der Waals surface area contributed by atoms with E-state index < -0.39 is 86.8 Å². The number of fused-ring (bicyclic) bond motifs is 6. The van der Waals surface area contributed by atoms with Crippen LogP contribution in [-0.4, -0.2) is 139 Å². The molecule has 1 aromatic heterocycles. The molecule has 5 aliphatic heterocycles. The topological polar surface area (TPSA) is 224 Å². The molecule has 2 aromatic rings. The molecule has 0 spiro atoms. The summed E-state index contributed by atoms with van der Waals surface area (Å²) in [4.78, 5) is 19.1. The number of aliphatic hydroxyl groups excluding tert-OH is 7. The van der Waals surface area contributed by atoms with Crippen LogP contribution in [0.5, 0.6) is 0 Å². The van der Waals surface area contributed by atoms with Crippen molar-refractivity contribution in [3.8, 4) is 0 Å². The van der Waals surface area contributed by atoms with Crippen molar-refractivity contribution in [1.82, 2.24) is 9.88 Å². The molecule has 15 heteroatoms. The van der Waals surface area contributed by atoms with E-state index in [-0.39, 0.29) is 17.9 Å². The Morgan fingerprint density at radius 2 is 1.64 bits per heavy atom. The Kier molecular flexibility index (Phi) is 8.90. The van der Waals surface area contributed by atoms with Crippen LogP contribution < -0.4 is 0 Å². The number of H-pyrrole nitrogens is 1. The molecule has 47 heavy (non-hydrogen) atoms. The van der Waals surface area contributed by atoms with Crippen LogP contribution in [-0.2, 0) is 34.9 Å². The van der Waals surface area contributed by atoms with E-state index in [9.17, 15) is 40.5 Å². The van der Waals surface area contributed by atoms with Gasteiger partial charge in [-0.25, -0.2) is 0 Å². The maximum absolute atomic E-state index is 13.7. The number of aromatic nitrogens is 1. The zero-order chi connectivity index (χ0) is 33.1. The number of carbonyl (C=O) groups is 1. The number of para-hydroxylation sites is 1. The van der Waals surface area contributed by atoms with Gasteiger partial charge in [-0.1, -0.05) is 24.3 Å². The van der Waals surface area contributed by atoms with Gasteiger partial charge < -0.3 is 69.3 Å². The van der Waals surface area contributed by atoms with E-state index in [0.717, 1.165) is 23.0 Å². The maximum atomic E-state index is 13.7. The van der Waals surface area contributed by atoms with Crippen LogP contribution in [0.1, 0.15) is 23.7 Å². The molecule has 5 aliphatic rings. The number of benzene rings is 1. The smallest absolute Gasteiger partial charge is 0.253 e. The van der Waals surface area contributed by atoms with Crippen molar-refractivity contribution < 1.29 is 64.2 Å². The van der Waals surface area contributed by atoms with Crippen LogP contribution >= 0.6 is 0 Å². The van der Waals surface area contributed by atoms with Crippen LogP contribution in [0.25, 0.3) is 10.9 Å². The molecule has 0 aliphatic carbocycles. The molecule has 14 atom stereocenters. The van der Waals surface area contributed by atoms with Gasteiger partial charge in [0, 0.05) is 35.0 Å². The highest BCUT2D eigenvalue weighted by molar-refractivity contribution is 5.96. The van der Waals surface area contributed by atoms with Gasteiger partial charge in [0.15, 0.2) is 12.6 Å². The number of aromatic amines is 1.